The Hall–Kier alpha value is -3.19. The summed E-state index contributed by atoms with van der Waals surface area (Å²) in [5, 5.41) is 5.09. The second-order valence-corrected chi connectivity index (χ2v) is 7.18. The number of aryl methyl sites for hydroxylation is 1. The quantitative estimate of drug-likeness (QED) is 0.834. The fourth-order valence-electron chi connectivity index (χ4n) is 3.28. The molecule has 0 spiro atoms. The second-order valence-electron chi connectivity index (χ2n) is 7.18. The number of piperazine rings is 1. The van der Waals surface area contributed by atoms with Gasteiger partial charge in [0.1, 0.15) is 0 Å². The number of benzene rings is 2. The Bertz CT molecular complexity index is 890. The summed E-state index contributed by atoms with van der Waals surface area (Å²) in [4.78, 5) is 40.5. The minimum absolute atomic E-state index is 0.00241. The number of nitrogens with zero attached hydrogens (tertiary/aromatic N) is 2. The molecular weight excluding hydrogens is 368 g/mol. The summed E-state index contributed by atoms with van der Waals surface area (Å²) in [6, 6.07) is 14.3. The number of imide groups is 1. The summed E-state index contributed by atoms with van der Waals surface area (Å²) in [5.74, 6) is -0.363. The van der Waals surface area contributed by atoms with Crippen molar-refractivity contribution in [3.63, 3.8) is 0 Å². The van der Waals surface area contributed by atoms with Crippen molar-refractivity contribution >= 4 is 23.5 Å². The fraction of sp³-hybridized carbons (Fsp3) is 0.318. The Morgan fingerprint density at radius 1 is 0.897 bits per heavy atom. The topological polar surface area (TPSA) is 81.8 Å². The van der Waals surface area contributed by atoms with E-state index >= 15 is 0 Å². The molecule has 1 aliphatic heterocycles. The number of amides is 4. The molecule has 2 aromatic carbocycles. The zero-order valence-corrected chi connectivity index (χ0v) is 16.8. The minimum Gasteiger partial charge on any atom is -0.336 e. The van der Waals surface area contributed by atoms with E-state index in [1.54, 1.807) is 23.1 Å². The van der Waals surface area contributed by atoms with Crippen LogP contribution in [0.1, 0.15) is 21.5 Å². The summed E-state index contributed by atoms with van der Waals surface area (Å²) < 4.78 is 0. The molecule has 0 aliphatic carbocycles. The van der Waals surface area contributed by atoms with Gasteiger partial charge in [-0.2, -0.15) is 0 Å². The molecule has 0 saturated carbocycles. The lowest BCUT2D eigenvalue weighted by Gasteiger charge is -2.34. The molecule has 3 rings (SSSR count). The van der Waals surface area contributed by atoms with Crippen LogP contribution in [0, 0.1) is 13.8 Å². The summed E-state index contributed by atoms with van der Waals surface area (Å²) in [5.41, 5.74) is 3.39. The highest BCUT2D eigenvalue weighted by atomic mass is 16.2. The zero-order valence-electron chi connectivity index (χ0n) is 16.8. The first-order chi connectivity index (χ1) is 13.9. The van der Waals surface area contributed by atoms with Crippen LogP contribution in [0.25, 0.3) is 0 Å². The first-order valence-electron chi connectivity index (χ1n) is 9.68. The molecule has 0 unspecified atom stereocenters. The van der Waals surface area contributed by atoms with Crippen molar-refractivity contribution in [2.45, 2.75) is 13.8 Å². The Labute approximate surface area is 170 Å². The molecule has 0 bridgehead atoms. The highest BCUT2D eigenvalue weighted by Crippen LogP contribution is 2.17. The van der Waals surface area contributed by atoms with Gasteiger partial charge in [-0.25, -0.2) is 4.79 Å². The summed E-state index contributed by atoms with van der Waals surface area (Å²) in [6.07, 6.45) is 0. The number of carbonyl (C=O) groups excluding carboxylic acids is 3. The van der Waals surface area contributed by atoms with Gasteiger partial charge in [-0.05, 0) is 43.2 Å². The van der Waals surface area contributed by atoms with Crippen molar-refractivity contribution in [3.05, 3.63) is 65.2 Å². The first-order valence-corrected chi connectivity index (χ1v) is 9.68. The van der Waals surface area contributed by atoms with Gasteiger partial charge in [0.05, 0.1) is 6.54 Å². The number of urea groups is 1. The van der Waals surface area contributed by atoms with E-state index in [0.29, 0.717) is 37.4 Å². The van der Waals surface area contributed by atoms with Crippen molar-refractivity contribution in [1.29, 1.82) is 0 Å². The molecular formula is C22H26N4O3. The van der Waals surface area contributed by atoms with Crippen molar-refractivity contribution in [1.82, 2.24) is 15.1 Å². The van der Waals surface area contributed by atoms with E-state index in [4.69, 9.17) is 0 Å². The summed E-state index contributed by atoms with van der Waals surface area (Å²) in [7, 11) is 0. The van der Waals surface area contributed by atoms with Crippen LogP contribution in [0.4, 0.5) is 10.5 Å². The van der Waals surface area contributed by atoms with Gasteiger partial charge in [-0.3, -0.25) is 19.8 Å². The molecule has 0 aromatic heterocycles. The number of hydrogen-bond acceptors (Lipinski definition) is 4. The van der Waals surface area contributed by atoms with E-state index in [2.05, 4.69) is 10.6 Å². The third-order valence-corrected chi connectivity index (χ3v) is 5.15. The van der Waals surface area contributed by atoms with Crippen LogP contribution < -0.4 is 10.6 Å². The highest BCUT2D eigenvalue weighted by molar-refractivity contribution is 6.02. The van der Waals surface area contributed by atoms with Crippen LogP contribution in [0.5, 0.6) is 0 Å². The normalized spacial score (nSPS) is 14.3. The van der Waals surface area contributed by atoms with Gasteiger partial charge < -0.3 is 10.2 Å². The van der Waals surface area contributed by atoms with Crippen LogP contribution in [0.2, 0.25) is 0 Å². The van der Waals surface area contributed by atoms with Crippen LogP contribution in [0.3, 0.4) is 0 Å². The predicted octanol–water partition coefficient (Wildman–Crippen LogP) is 2.41. The maximum Gasteiger partial charge on any atom is 0.325 e. The van der Waals surface area contributed by atoms with Gasteiger partial charge in [0.25, 0.3) is 5.91 Å². The highest BCUT2D eigenvalue weighted by Gasteiger charge is 2.23. The van der Waals surface area contributed by atoms with Gasteiger partial charge in [0, 0.05) is 37.4 Å². The van der Waals surface area contributed by atoms with Gasteiger partial charge in [-0.15, -0.1) is 0 Å². The smallest absolute Gasteiger partial charge is 0.325 e. The van der Waals surface area contributed by atoms with Crippen molar-refractivity contribution in [2.24, 2.45) is 0 Å². The molecule has 29 heavy (non-hydrogen) atoms. The summed E-state index contributed by atoms with van der Waals surface area (Å²) in [6.45, 7) is 6.28. The molecule has 1 saturated heterocycles. The van der Waals surface area contributed by atoms with Crippen LogP contribution in [-0.4, -0.2) is 60.4 Å². The molecule has 152 valence electrons. The molecule has 0 radical (unpaired) electrons. The number of nitrogens with one attached hydrogen (secondary N) is 2. The molecule has 2 aromatic rings. The molecule has 7 heteroatoms. The van der Waals surface area contributed by atoms with E-state index in [1.807, 2.05) is 49.1 Å². The van der Waals surface area contributed by atoms with Gasteiger partial charge in [0.15, 0.2) is 0 Å². The van der Waals surface area contributed by atoms with E-state index < -0.39 is 6.03 Å². The van der Waals surface area contributed by atoms with Crippen LogP contribution >= 0.6 is 0 Å². The van der Waals surface area contributed by atoms with Gasteiger partial charge >= 0.3 is 6.03 Å². The number of rotatable bonds is 4. The van der Waals surface area contributed by atoms with Crippen molar-refractivity contribution in [2.75, 3.05) is 38.0 Å². The minimum atomic E-state index is -0.540. The summed E-state index contributed by atoms with van der Waals surface area (Å²) >= 11 is 0. The first kappa shape index (κ1) is 20.5. The molecule has 7 nitrogen and oxygen atoms in total. The Balaban J connectivity index is 1.44. The predicted molar refractivity (Wildman–Crippen MR) is 112 cm³/mol. The Morgan fingerprint density at radius 2 is 1.59 bits per heavy atom. The van der Waals surface area contributed by atoms with E-state index in [1.165, 1.54) is 0 Å². The standard InChI is InChI=1S/C22H26N4O3/c1-16-7-6-10-19(17(16)2)23-22(29)24-20(27)15-25-11-13-26(14-12-25)21(28)18-8-4-3-5-9-18/h3-10H,11-15H2,1-2H3,(H2,23,24,27,29). The maximum absolute atomic E-state index is 12.5. The van der Waals surface area contributed by atoms with Crippen molar-refractivity contribution < 1.29 is 14.4 Å². The Kier molecular flexibility index (Phi) is 6.61. The monoisotopic (exact) mass is 394 g/mol. The largest absolute Gasteiger partial charge is 0.336 e. The van der Waals surface area contributed by atoms with E-state index in [0.717, 1.165) is 11.1 Å². The lowest BCUT2D eigenvalue weighted by Crippen LogP contribution is -2.51. The number of anilines is 1. The second kappa shape index (κ2) is 9.34. The average molecular weight is 394 g/mol. The molecule has 1 aliphatic rings. The van der Waals surface area contributed by atoms with Crippen LogP contribution in [-0.2, 0) is 4.79 Å². The average Bonchev–Trinajstić information content (AvgIpc) is 2.72. The maximum atomic E-state index is 12.5. The third-order valence-electron chi connectivity index (χ3n) is 5.15. The van der Waals surface area contributed by atoms with Crippen LogP contribution in [0.15, 0.2) is 48.5 Å². The molecule has 1 fully saturated rings. The zero-order chi connectivity index (χ0) is 20.8. The third kappa shape index (κ3) is 5.42. The molecule has 2 N–H and O–H groups in total. The molecule has 0 atom stereocenters. The van der Waals surface area contributed by atoms with E-state index in [9.17, 15) is 14.4 Å². The SMILES string of the molecule is Cc1cccc(NC(=O)NC(=O)CN2CCN(C(=O)c3ccccc3)CC2)c1C. The lowest BCUT2D eigenvalue weighted by molar-refractivity contribution is -0.121. The number of hydrogen-bond donors (Lipinski definition) is 2. The van der Waals surface area contributed by atoms with Gasteiger partial charge in [0.2, 0.25) is 5.91 Å². The Morgan fingerprint density at radius 3 is 2.28 bits per heavy atom. The molecule has 1 heterocycles. The fourth-order valence-corrected chi connectivity index (χ4v) is 3.28. The van der Waals surface area contributed by atoms with Crippen molar-refractivity contribution in [3.8, 4) is 0 Å². The lowest BCUT2D eigenvalue weighted by atomic mass is 10.1. The van der Waals surface area contributed by atoms with E-state index in [-0.39, 0.29) is 18.4 Å². The molecule has 4 amide bonds. The van der Waals surface area contributed by atoms with Gasteiger partial charge in [-0.1, -0.05) is 30.3 Å². The number of carbonyl (C=O) groups is 3.